The topological polar surface area (TPSA) is 79.5 Å². The van der Waals surface area contributed by atoms with Crippen LogP contribution in [-0.4, -0.2) is 31.5 Å². The lowest BCUT2D eigenvalue weighted by atomic mass is 10.2. The van der Waals surface area contributed by atoms with Crippen molar-refractivity contribution in [3.05, 3.63) is 54.1 Å². The summed E-state index contributed by atoms with van der Waals surface area (Å²) in [6.07, 6.45) is 0.950. The highest BCUT2D eigenvalue weighted by Gasteiger charge is 2.06. The van der Waals surface area contributed by atoms with E-state index in [9.17, 15) is 9.59 Å². The minimum Gasteiger partial charge on any atom is -0.494 e. The van der Waals surface area contributed by atoms with Gasteiger partial charge in [0.2, 0.25) is 5.91 Å². The minimum absolute atomic E-state index is 0.104. The van der Waals surface area contributed by atoms with Crippen LogP contribution in [-0.2, 0) is 4.79 Å². The fourth-order valence-electron chi connectivity index (χ4n) is 2.27. The van der Waals surface area contributed by atoms with Gasteiger partial charge in [0.25, 0.3) is 5.91 Å². The van der Waals surface area contributed by atoms with Gasteiger partial charge in [-0.05, 0) is 55.8 Å². The molecule has 26 heavy (non-hydrogen) atoms. The van der Waals surface area contributed by atoms with Crippen molar-refractivity contribution in [2.24, 2.45) is 0 Å². The number of nitrogens with one attached hydrogen (secondary N) is 3. The number of rotatable bonds is 9. The molecule has 0 aliphatic heterocycles. The molecule has 0 aliphatic carbocycles. The molecule has 0 atom stereocenters. The zero-order valence-corrected chi connectivity index (χ0v) is 15.2. The maximum Gasteiger partial charge on any atom is 0.251 e. The average Bonchev–Trinajstić information content (AvgIpc) is 2.66. The molecule has 3 N–H and O–H groups in total. The molecule has 0 saturated heterocycles. The lowest BCUT2D eigenvalue weighted by Crippen LogP contribution is -2.23. The van der Waals surface area contributed by atoms with E-state index in [1.165, 1.54) is 0 Å². The smallest absolute Gasteiger partial charge is 0.251 e. The van der Waals surface area contributed by atoms with Crippen LogP contribution >= 0.6 is 0 Å². The van der Waals surface area contributed by atoms with Crippen LogP contribution in [0.5, 0.6) is 5.75 Å². The van der Waals surface area contributed by atoms with Crippen LogP contribution in [0.2, 0.25) is 0 Å². The first kappa shape index (κ1) is 19.3. The van der Waals surface area contributed by atoms with Gasteiger partial charge in [-0.3, -0.25) is 9.59 Å². The first-order valence-electron chi connectivity index (χ1n) is 8.77. The minimum atomic E-state index is -0.171. The second-order valence-corrected chi connectivity index (χ2v) is 5.71. The summed E-state index contributed by atoms with van der Waals surface area (Å²) in [6, 6.07) is 14.3. The van der Waals surface area contributed by atoms with Crippen LogP contribution in [0.15, 0.2) is 48.5 Å². The van der Waals surface area contributed by atoms with Crippen LogP contribution in [0, 0.1) is 0 Å². The van der Waals surface area contributed by atoms with Gasteiger partial charge >= 0.3 is 0 Å². The lowest BCUT2D eigenvalue weighted by Gasteiger charge is -2.10. The molecule has 138 valence electrons. The number of benzene rings is 2. The van der Waals surface area contributed by atoms with Gasteiger partial charge in [0.1, 0.15) is 5.75 Å². The van der Waals surface area contributed by atoms with Crippen molar-refractivity contribution in [3.8, 4) is 5.75 Å². The predicted octanol–water partition coefficient (Wildman–Crippen LogP) is 3.28. The fourth-order valence-corrected chi connectivity index (χ4v) is 2.27. The Hall–Kier alpha value is -3.02. The highest BCUT2D eigenvalue weighted by atomic mass is 16.5. The van der Waals surface area contributed by atoms with Gasteiger partial charge in [0.15, 0.2) is 0 Å². The molecule has 2 aromatic carbocycles. The highest BCUT2D eigenvalue weighted by molar-refractivity contribution is 5.96. The van der Waals surface area contributed by atoms with Gasteiger partial charge in [-0.1, -0.05) is 13.0 Å². The van der Waals surface area contributed by atoms with Gasteiger partial charge < -0.3 is 20.7 Å². The van der Waals surface area contributed by atoms with Gasteiger partial charge in [0, 0.05) is 23.5 Å². The molecule has 0 aliphatic rings. The molecule has 0 spiro atoms. The van der Waals surface area contributed by atoms with Crippen molar-refractivity contribution in [1.29, 1.82) is 0 Å². The average molecular weight is 355 g/mol. The number of ether oxygens (including phenoxy) is 1. The molecule has 2 aromatic rings. The summed E-state index contributed by atoms with van der Waals surface area (Å²) in [6.45, 7) is 5.26. The van der Waals surface area contributed by atoms with E-state index < -0.39 is 0 Å². The Balaban J connectivity index is 1.85. The van der Waals surface area contributed by atoms with E-state index in [2.05, 4.69) is 16.0 Å². The van der Waals surface area contributed by atoms with Crippen LogP contribution in [0.3, 0.4) is 0 Å². The van der Waals surface area contributed by atoms with Gasteiger partial charge in [0.05, 0.1) is 13.2 Å². The normalized spacial score (nSPS) is 10.1. The molecule has 6 nitrogen and oxygen atoms in total. The first-order chi connectivity index (χ1) is 12.6. The lowest BCUT2D eigenvalue weighted by molar-refractivity contribution is -0.114. The second-order valence-electron chi connectivity index (χ2n) is 5.71. The number of carbonyl (C=O) groups is 2. The Morgan fingerprint density at radius 2 is 1.77 bits per heavy atom. The summed E-state index contributed by atoms with van der Waals surface area (Å²) in [7, 11) is 0. The van der Waals surface area contributed by atoms with E-state index in [-0.39, 0.29) is 18.4 Å². The van der Waals surface area contributed by atoms with Crippen LogP contribution in [0.4, 0.5) is 11.4 Å². The maximum atomic E-state index is 12.1. The molecule has 2 amide bonds. The second kappa shape index (κ2) is 10.1. The third kappa shape index (κ3) is 6.12. The van der Waals surface area contributed by atoms with Gasteiger partial charge in [-0.25, -0.2) is 0 Å². The SMILES string of the molecule is CCCOc1ccc(NC(=O)CNc2cccc(C(=O)NCC)c2)cc1. The summed E-state index contributed by atoms with van der Waals surface area (Å²) in [5.74, 6) is 0.478. The van der Waals surface area contributed by atoms with Crippen molar-refractivity contribution in [2.75, 3.05) is 30.3 Å². The van der Waals surface area contributed by atoms with Crippen molar-refractivity contribution in [3.63, 3.8) is 0 Å². The number of anilines is 2. The molecule has 2 rings (SSSR count). The van der Waals surface area contributed by atoms with E-state index >= 15 is 0 Å². The molecule has 0 saturated carbocycles. The number of hydrogen-bond acceptors (Lipinski definition) is 4. The molecule has 0 heterocycles. The Morgan fingerprint density at radius 3 is 2.46 bits per heavy atom. The Morgan fingerprint density at radius 1 is 1.00 bits per heavy atom. The maximum absolute atomic E-state index is 12.1. The number of carbonyl (C=O) groups excluding carboxylic acids is 2. The van der Waals surface area contributed by atoms with Crippen molar-refractivity contribution in [2.45, 2.75) is 20.3 Å². The predicted molar refractivity (Wildman–Crippen MR) is 104 cm³/mol. The standard InChI is InChI=1S/C20H25N3O3/c1-3-12-26-18-10-8-16(9-11-18)23-19(24)14-22-17-7-5-6-15(13-17)20(25)21-4-2/h5-11,13,22H,3-4,12,14H2,1-2H3,(H,21,25)(H,23,24). The summed E-state index contributed by atoms with van der Waals surface area (Å²) < 4.78 is 5.51. The largest absolute Gasteiger partial charge is 0.494 e. The third-order valence-electron chi connectivity index (χ3n) is 3.53. The summed E-state index contributed by atoms with van der Waals surface area (Å²) in [5.41, 5.74) is 1.98. The van der Waals surface area contributed by atoms with Crippen LogP contribution in [0.1, 0.15) is 30.6 Å². The summed E-state index contributed by atoms with van der Waals surface area (Å²) >= 11 is 0. The quantitative estimate of drug-likeness (QED) is 0.645. The third-order valence-corrected chi connectivity index (χ3v) is 3.53. The Labute approximate surface area is 153 Å². The van der Waals surface area contributed by atoms with E-state index in [4.69, 9.17) is 4.74 Å². The van der Waals surface area contributed by atoms with Crippen molar-refractivity contribution in [1.82, 2.24) is 5.32 Å². The number of amides is 2. The molecule has 0 aromatic heterocycles. The van der Waals surface area contributed by atoms with Crippen LogP contribution < -0.4 is 20.7 Å². The molecular weight excluding hydrogens is 330 g/mol. The monoisotopic (exact) mass is 355 g/mol. The molecule has 6 heteroatoms. The molecule has 0 bridgehead atoms. The van der Waals surface area contributed by atoms with Crippen LogP contribution in [0.25, 0.3) is 0 Å². The first-order valence-corrected chi connectivity index (χ1v) is 8.77. The Kier molecular flexibility index (Phi) is 7.49. The zero-order chi connectivity index (χ0) is 18.8. The highest BCUT2D eigenvalue weighted by Crippen LogP contribution is 2.16. The fraction of sp³-hybridized carbons (Fsp3) is 0.300. The van der Waals surface area contributed by atoms with E-state index in [0.29, 0.717) is 30.1 Å². The van der Waals surface area contributed by atoms with Crippen molar-refractivity contribution >= 4 is 23.2 Å². The molecular formula is C20H25N3O3. The zero-order valence-electron chi connectivity index (χ0n) is 15.2. The van der Waals surface area contributed by atoms with Crippen molar-refractivity contribution < 1.29 is 14.3 Å². The Bertz CT molecular complexity index is 729. The molecule has 0 radical (unpaired) electrons. The van der Waals surface area contributed by atoms with E-state index in [1.54, 1.807) is 30.3 Å². The summed E-state index contributed by atoms with van der Waals surface area (Å²) in [4.78, 5) is 23.9. The summed E-state index contributed by atoms with van der Waals surface area (Å²) in [5, 5.41) is 8.59. The number of hydrogen-bond donors (Lipinski definition) is 3. The van der Waals surface area contributed by atoms with E-state index in [0.717, 1.165) is 12.2 Å². The molecule has 0 fully saturated rings. The molecule has 0 unspecified atom stereocenters. The van der Waals surface area contributed by atoms with Gasteiger partial charge in [-0.2, -0.15) is 0 Å². The van der Waals surface area contributed by atoms with Gasteiger partial charge in [-0.15, -0.1) is 0 Å². The van der Waals surface area contributed by atoms with E-state index in [1.807, 2.05) is 32.0 Å².